The lowest BCUT2D eigenvalue weighted by Crippen LogP contribution is -2.61. The van der Waals surface area contributed by atoms with Gasteiger partial charge in [0, 0.05) is 30.0 Å². The summed E-state index contributed by atoms with van der Waals surface area (Å²) >= 11 is 0. The highest BCUT2D eigenvalue weighted by molar-refractivity contribution is 5.96. The number of aromatic hydroxyl groups is 1. The first-order valence-corrected chi connectivity index (χ1v) is 10.8. The second kappa shape index (κ2) is 7.51. The molecule has 3 N–H and O–H groups in total. The van der Waals surface area contributed by atoms with Crippen LogP contribution < -0.4 is 5.73 Å². The molecule has 3 atom stereocenters. The van der Waals surface area contributed by atoms with Crippen LogP contribution in [0.1, 0.15) is 73.4 Å². The molecule has 1 heterocycles. The summed E-state index contributed by atoms with van der Waals surface area (Å²) in [5, 5.41) is 11.0. The number of primary amides is 1. The normalized spacial score (nSPS) is 29.8. The van der Waals surface area contributed by atoms with Crippen molar-refractivity contribution in [3.63, 3.8) is 0 Å². The Bertz CT molecular complexity index is 773. The molecule has 2 bridgehead atoms. The minimum absolute atomic E-state index is 0.0128. The Labute approximate surface area is 167 Å². The van der Waals surface area contributed by atoms with Gasteiger partial charge in [0.25, 0.3) is 5.91 Å². The maximum Gasteiger partial charge on any atom is 0.252 e. The van der Waals surface area contributed by atoms with Crippen molar-refractivity contribution in [1.29, 1.82) is 0 Å². The van der Waals surface area contributed by atoms with E-state index in [1.54, 1.807) is 6.07 Å². The van der Waals surface area contributed by atoms with Gasteiger partial charge in [0.2, 0.25) is 0 Å². The molecule has 1 aromatic rings. The van der Waals surface area contributed by atoms with Gasteiger partial charge in [-0.15, -0.1) is 0 Å². The molecule has 0 radical (unpaired) electrons. The van der Waals surface area contributed by atoms with Crippen molar-refractivity contribution in [3.05, 3.63) is 28.8 Å². The van der Waals surface area contributed by atoms with Crippen LogP contribution in [0.2, 0.25) is 0 Å². The van der Waals surface area contributed by atoms with Crippen LogP contribution in [0.25, 0.3) is 0 Å². The molecule has 5 nitrogen and oxygen atoms in total. The summed E-state index contributed by atoms with van der Waals surface area (Å²) in [6.07, 6.45) is 9.22. The van der Waals surface area contributed by atoms with Crippen molar-refractivity contribution in [2.24, 2.45) is 17.6 Å². The highest BCUT2D eigenvalue weighted by atomic mass is 16.3. The number of carbonyl (C=O) groups excluding carboxylic acids is 2. The molecule has 3 aliphatic rings. The van der Waals surface area contributed by atoms with E-state index in [4.69, 9.17) is 5.73 Å². The average Bonchev–Trinajstić information content (AvgIpc) is 2.61. The molecule has 1 saturated heterocycles. The summed E-state index contributed by atoms with van der Waals surface area (Å²) < 4.78 is 0. The van der Waals surface area contributed by atoms with Gasteiger partial charge in [-0.1, -0.05) is 25.8 Å². The van der Waals surface area contributed by atoms with Crippen molar-refractivity contribution >= 4 is 12.2 Å². The molecule has 1 unspecified atom stereocenters. The van der Waals surface area contributed by atoms with Crippen molar-refractivity contribution < 1.29 is 14.7 Å². The maximum absolute atomic E-state index is 11.8. The van der Waals surface area contributed by atoms with Crippen molar-refractivity contribution in [1.82, 2.24) is 4.90 Å². The minimum Gasteiger partial charge on any atom is -0.507 e. The monoisotopic (exact) mass is 384 g/mol. The first-order valence-electron chi connectivity index (χ1n) is 10.8. The van der Waals surface area contributed by atoms with Crippen molar-refractivity contribution in [2.45, 2.75) is 69.7 Å². The average molecular weight is 385 g/mol. The topological polar surface area (TPSA) is 83.6 Å². The summed E-state index contributed by atoms with van der Waals surface area (Å²) in [6, 6.07) is 4.01. The number of carbonyl (C=O) groups is 2. The third kappa shape index (κ3) is 2.95. The van der Waals surface area contributed by atoms with Gasteiger partial charge < -0.3 is 15.6 Å². The fraction of sp³-hybridized carbons (Fsp3) is 0.652. The fourth-order valence-electron chi connectivity index (χ4n) is 6.20. The predicted molar refractivity (Wildman–Crippen MR) is 108 cm³/mol. The summed E-state index contributed by atoms with van der Waals surface area (Å²) in [6.45, 7) is 4.30. The zero-order valence-electron chi connectivity index (χ0n) is 16.8. The van der Waals surface area contributed by atoms with Crippen LogP contribution in [0, 0.1) is 11.8 Å². The zero-order valence-corrected chi connectivity index (χ0v) is 16.8. The lowest BCUT2D eigenvalue weighted by Gasteiger charge is -2.57. The van der Waals surface area contributed by atoms with Crippen LogP contribution >= 0.6 is 0 Å². The Kier molecular flexibility index (Phi) is 5.21. The predicted octanol–water partition coefficient (Wildman–Crippen LogP) is 3.16. The highest BCUT2D eigenvalue weighted by Crippen LogP contribution is 2.55. The summed E-state index contributed by atoms with van der Waals surface area (Å²) in [4.78, 5) is 26.3. The van der Waals surface area contributed by atoms with Gasteiger partial charge in [-0.05, 0) is 62.1 Å². The quantitative estimate of drug-likeness (QED) is 0.707. The van der Waals surface area contributed by atoms with E-state index in [1.165, 1.54) is 19.3 Å². The molecule has 152 valence electrons. The van der Waals surface area contributed by atoms with Gasteiger partial charge in [0.1, 0.15) is 12.0 Å². The Morgan fingerprint density at radius 3 is 2.79 bits per heavy atom. The molecule has 4 rings (SSSR count). The molecular formula is C23H32N2O3. The van der Waals surface area contributed by atoms with Gasteiger partial charge >= 0.3 is 0 Å². The molecule has 0 aromatic heterocycles. The first kappa shape index (κ1) is 19.4. The van der Waals surface area contributed by atoms with Crippen LogP contribution in [0.4, 0.5) is 0 Å². The smallest absolute Gasteiger partial charge is 0.252 e. The van der Waals surface area contributed by atoms with E-state index in [-0.39, 0.29) is 16.7 Å². The summed E-state index contributed by atoms with van der Waals surface area (Å²) in [7, 11) is 0. The second-order valence-corrected chi connectivity index (χ2v) is 9.10. The lowest BCUT2D eigenvalue weighted by atomic mass is 9.54. The van der Waals surface area contributed by atoms with E-state index in [0.717, 1.165) is 62.1 Å². The van der Waals surface area contributed by atoms with E-state index >= 15 is 0 Å². The largest absolute Gasteiger partial charge is 0.507 e. The van der Waals surface area contributed by atoms with Gasteiger partial charge in [-0.2, -0.15) is 0 Å². The third-order valence-electron chi connectivity index (χ3n) is 7.71. The SMILES string of the molecule is CCCC1[C@H]2Cc3ccc(C(N)=O)c(O)c3[C@]1(CC=O)CCN2CC1CCC1. The standard InChI is InChI=1S/C23H32N2O3/c1-2-4-18-19-13-16-7-8-17(22(24)28)21(27)20(16)23(18,10-12-26)9-11-25(19)14-15-5-3-6-15/h7-8,12,15,18-19,27H,2-6,9-11,13-14H2,1H3,(H2,24,28)/t18?,19-,23+/m1/s1. The van der Waals surface area contributed by atoms with Crippen LogP contribution in [0.5, 0.6) is 5.75 Å². The number of nitrogens with zero attached hydrogens (tertiary/aromatic N) is 1. The van der Waals surface area contributed by atoms with Gasteiger partial charge in [0.15, 0.2) is 0 Å². The second-order valence-electron chi connectivity index (χ2n) is 9.10. The number of hydrogen-bond acceptors (Lipinski definition) is 4. The van der Waals surface area contributed by atoms with Gasteiger partial charge in [-0.3, -0.25) is 9.69 Å². The number of rotatable bonds is 7. The van der Waals surface area contributed by atoms with Gasteiger partial charge in [0.05, 0.1) is 5.56 Å². The number of phenols is 1. The number of piperidine rings is 1. The summed E-state index contributed by atoms with van der Waals surface area (Å²) in [5.74, 6) is 0.530. The fourth-order valence-corrected chi connectivity index (χ4v) is 6.20. The van der Waals surface area contributed by atoms with Gasteiger partial charge in [-0.25, -0.2) is 0 Å². The Morgan fingerprint density at radius 1 is 1.39 bits per heavy atom. The Hall–Kier alpha value is -1.88. The van der Waals surface area contributed by atoms with Crippen LogP contribution in [-0.4, -0.2) is 41.3 Å². The van der Waals surface area contributed by atoms with Crippen LogP contribution in [-0.2, 0) is 16.6 Å². The molecule has 28 heavy (non-hydrogen) atoms. The first-order chi connectivity index (χ1) is 13.5. The molecule has 5 heteroatoms. The number of hydrogen-bond donors (Lipinski definition) is 2. The van der Waals surface area contributed by atoms with E-state index < -0.39 is 5.91 Å². The van der Waals surface area contributed by atoms with Crippen molar-refractivity contribution in [3.8, 4) is 5.75 Å². The summed E-state index contributed by atoms with van der Waals surface area (Å²) in [5.41, 5.74) is 7.21. The number of benzene rings is 1. The molecule has 1 saturated carbocycles. The highest BCUT2D eigenvalue weighted by Gasteiger charge is 2.54. The number of fused-ring (bicyclic) bond motifs is 4. The minimum atomic E-state index is -0.613. The maximum atomic E-state index is 11.8. The Balaban J connectivity index is 1.81. The molecule has 2 aliphatic carbocycles. The number of amides is 1. The van der Waals surface area contributed by atoms with Crippen LogP contribution in [0.15, 0.2) is 12.1 Å². The number of nitrogens with two attached hydrogens (primary N) is 1. The third-order valence-corrected chi connectivity index (χ3v) is 7.71. The van der Waals surface area contributed by atoms with E-state index in [2.05, 4.69) is 11.8 Å². The lowest BCUT2D eigenvalue weighted by molar-refractivity contribution is -0.111. The van der Waals surface area contributed by atoms with E-state index in [0.29, 0.717) is 18.4 Å². The molecule has 0 spiro atoms. The van der Waals surface area contributed by atoms with Crippen LogP contribution in [0.3, 0.4) is 0 Å². The number of aldehydes is 1. The molecular weight excluding hydrogens is 352 g/mol. The van der Waals surface area contributed by atoms with E-state index in [9.17, 15) is 14.7 Å². The molecule has 1 amide bonds. The molecule has 1 aromatic carbocycles. The molecule has 2 fully saturated rings. The zero-order chi connectivity index (χ0) is 19.9. The number of likely N-dealkylation sites (tertiary alicyclic amines) is 1. The van der Waals surface area contributed by atoms with E-state index in [1.807, 2.05) is 6.07 Å². The van der Waals surface area contributed by atoms with Crippen molar-refractivity contribution in [2.75, 3.05) is 13.1 Å². The Morgan fingerprint density at radius 2 is 2.18 bits per heavy atom. The molecule has 1 aliphatic heterocycles.